The number of rotatable bonds is 1. The monoisotopic (exact) mass is 206 g/mol. The molecular weight excluding hydrogens is 195 g/mol. The van der Waals surface area contributed by atoms with Crippen LogP contribution in [0.3, 0.4) is 0 Å². The number of halogens is 1. The molecule has 3 heteroatoms. The molecule has 0 atom stereocenters. The molecule has 0 spiro atoms. The van der Waals surface area contributed by atoms with Crippen molar-refractivity contribution in [3.63, 3.8) is 0 Å². The molecule has 0 amide bonds. The summed E-state index contributed by atoms with van der Waals surface area (Å²) in [6.45, 7) is 1.81. The average Bonchev–Trinajstić information content (AvgIpc) is 2.18. The largest absolute Gasteiger partial charge is 0.508 e. The van der Waals surface area contributed by atoms with Crippen LogP contribution in [-0.4, -0.2) is 12.2 Å². The maximum absolute atomic E-state index is 13.4. The minimum atomic E-state index is -0.390. The van der Waals surface area contributed by atoms with Gasteiger partial charge in [0.2, 0.25) is 0 Å². The van der Waals surface area contributed by atoms with Gasteiger partial charge in [0.25, 0.3) is 0 Å². The van der Waals surface area contributed by atoms with E-state index in [0.29, 0.717) is 5.39 Å². The summed E-state index contributed by atoms with van der Waals surface area (Å²) in [5.74, 6) is 0.0115. The van der Waals surface area contributed by atoms with Crippen molar-refractivity contribution in [1.82, 2.24) is 0 Å². The summed E-state index contributed by atoms with van der Waals surface area (Å²) >= 11 is 0. The van der Waals surface area contributed by atoms with Gasteiger partial charge < -0.3 is 9.84 Å². The van der Waals surface area contributed by atoms with Crippen LogP contribution in [0.1, 0.15) is 5.56 Å². The van der Waals surface area contributed by atoms with Crippen LogP contribution in [0.25, 0.3) is 10.8 Å². The Balaban J connectivity index is 2.91. The second kappa shape index (κ2) is 3.42. The molecule has 2 aromatic carbocycles. The third kappa shape index (κ3) is 1.50. The highest BCUT2D eigenvalue weighted by Crippen LogP contribution is 2.33. The van der Waals surface area contributed by atoms with Gasteiger partial charge >= 0.3 is 0 Å². The van der Waals surface area contributed by atoms with E-state index in [2.05, 4.69) is 0 Å². The number of aryl methyl sites for hydroxylation is 1. The highest BCUT2D eigenvalue weighted by molar-refractivity contribution is 5.92. The molecule has 0 radical (unpaired) electrons. The molecule has 2 nitrogen and oxygen atoms in total. The number of phenolic OH excluding ortho intramolecular Hbond substituents is 1. The SMILES string of the molecule is COc1c(F)ccc2cc(O)cc(C)c12. The molecule has 0 aromatic heterocycles. The zero-order valence-electron chi connectivity index (χ0n) is 8.54. The molecule has 1 N–H and O–H groups in total. The maximum Gasteiger partial charge on any atom is 0.165 e. The fraction of sp³-hybridized carbons (Fsp3) is 0.167. The first-order chi connectivity index (χ1) is 7.13. The topological polar surface area (TPSA) is 29.5 Å². The van der Waals surface area contributed by atoms with Gasteiger partial charge in [-0.05, 0) is 36.1 Å². The number of ether oxygens (including phenoxy) is 1. The normalized spacial score (nSPS) is 10.6. The van der Waals surface area contributed by atoms with Crippen molar-refractivity contribution in [3.05, 3.63) is 35.6 Å². The zero-order chi connectivity index (χ0) is 11.0. The molecule has 2 aromatic rings. The number of phenols is 1. The lowest BCUT2D eigenvalue weighted by Gasteiger charge is -2.09. The van der Waals surface area contributed by atoms with E-state index in [4.69, 9.17) is 4.74 Å². The minimum absolute atomic E-state index is 0.175. The predicted octanol–water partition coefficient (Wildman–Crippen LogP) is 3.00. The summed E-state index contributed by atoms with van der Waals surface area (Å²) in [6.07, 6.45) is 0. The van der Waals surface area contributed by atoms with E-state index in [-0.39, 0.29) is 11.5 Å². The second-order valence-corrected chi connectivity index (χ2v) is 3.44. The third-order valence-electron chi connectivity index (χ3n) is 2.41. The van der Waals surface area contributed by atoms with E-state index >= 15 is 0 Å². The Bertz CT molecular complexity index is 521. The number of hydrogen-bond acceptors (Lipinski definition) is 2. The first-order valence-corrected chi connectivity index (χ1v) is 4.59. The van der Waals surface area contributed by atoms with Crippen molar-refractivity contribution < 1.29 is 14.2 Å². The van der Waals surface area contributed by atoms with Crippen molar-refractivity contribution in [2.24, 2.45) is 0 Å². The standard InChI is InChI=1S/C12H11FO2/c1-7-5-9(14)6-8-3-4-10(13)12(15-2)11(7)8/h3-6,14H,1-2H3. The van der Waals surface area contributed by atoms with Gasteiger partial charge in [-0.2, -0.15) is 0 Å². The number of fused-ring (bicyclic) bond motifs is 1. The minimum Gasteiger partial charge on any atom is -0.508 e. The lowest BCUT2D eigenvalue weighted by Crippen LogP contribution is -1.91. The van der Waals surface area contributed by atoms with Crippen LogP contribution in [0.2, 0.25) is 0 Å². The fourth-order valence-corrected chi connectivity index (χ4v) is 1.79. The number of aromatic hydroxyl groups is 1. The molecule has 0 aliphatic carbocycles. The lowest BCUT2D eigenvalue weighted by atomic mass is 10.0. The van der Waals surface area contributed by atoms with Gasteiger partial charge in [0.1, 0.15) is 5.75 Å². The maximum atomic E-state index is 13.4. The van der Waals surface area contributed by atoms with Crippen molar-refractivity contribution >= 4 is 10.8 Å². The van der Waals surface area contributed by atoms with E-state index in [1.165, 1.54) is 13.2 Å². The third-order valence-corrected chi connectivity index (χ3v) is 2.41. The summed E-state index contributed by atoms with van der Waals surface area (Å²) in [6, 6.07) is 6.13. The van der Waals surface area contributed by atoms with Crippen LogP contribution >= 0.6 is 0 Å². The summed E-state index contributed by atoms with van der Waals surface area (Å²) in [4.78, 5) is 0. The molecule has 0 bridgehead atoms. The molecule has 15 heavy (non-hydrogen) atoms. The molecule has 0 heterocycles. The van der Waals surface area contributed by atoms with Crippen molar-refractivity contribution in [2.45, 2.75) is 6.92 Å². The quantitative estimate of drug-likeness (QED) is 0.777. The molecule has 78 valence electrons. The average molecular weight is 206 g/mol. The summed E-state index contributed by atoms with van der Waals surface area (Å²) in [5.41, 5.74) is 0.793. The van der Waals surface area contributed by atoms with Gasteiger partial charge in [-0.1, -0.05) is 6.07 Å². The Kier molecular flexibility index (Phi) is 2.23. The second-order valence-electron chi connectivity index (χ2n) is 3.44. The lowest BCUT2D eigenvalue weighted by molar-refractivity contribution is 0.391. The van der Waals surface area contributed by atoms with Crippen LogP contribution in [0, 0.1) is 12.7 Å². The van der Waals surface area contributed by atoms with Crippen LogP contribution in [0.5, 0.6) is 11.5 Å². The van der Waals surface area contributed by atoms with Gasteiger partial charge in [0.05, 0.1) is 7.11 Å². The molecule has 0 aliphatic rings. The van der Waals surface area contributed by atoms with E-state index in [1.807, 2.05) is 6.92 Å². The van der Waals surface area contributed by atoms with Crippen LogP contribution in [-0.2, 0) is 0 Å². The van der Waals surface area contributed by atoms with Gasteiger partial charge in [-0.3, -0.25) is 0 Å². The van der Waals surface area contributed by atoms with Gasteiger partial charge in [0, 0.05) is 5.39 Å². The molecule has 0 saturated heterocycles. The Labute approximate surface area is 86.9 Å². The number of methoxy groups -OCH3 is 1. The Morgan fingerprint density at radius 2 is 2.00 bits per heavy atom. The highest BCUT2D eigenvalue weighted by atomic mass is 19.1. The molecule has 0 unspecified atom stereocenters. The summed E-state index contributed by atoms with van der Waals surface area (Å²) in [5, 5.41) is 10.9. The van der Waals surface area contributed by atoms with Gasteiger partial charge in [-0.15, -0.1) is 0 Å². The number of benzene rings is 2. The summed E-state index contributed by atoms with van der Waals surface area (Å²) in [7, 11) is 1.43. The fourth-order valence-electron chi connectivity index (χ4n) is 1.79. The highest BCUT2D eigenvalue weighted by Gasteiger charge is 2.10. The van der Waals surface area contributed by atoms with Crippen molar-refractivity contribution in [3.8, 4) is 11.5 Å². The van der Waals surface area contributed by atoms with E-state index in [0.717, 1.165) is 10.9 Å². The Hall–Kier alpha value is -1.77. The van der Waals surface area contributed by atoms with Crippen LogP contribution in [0.15, 0.2) is 24.3 Å². The van der Waals surface area contributed by atoms with Gasteiger partial charge in [-0.25, -0.2) is 4.39 Å². The van der Waals surface area contributed by atoms with E-state index in [9.17, 15) is 9.50 Å². The predicted molar refractivity (Wildman–Crippen MR) is 56.9 cm³/mol. The molecule has 0 fully saturated rings. The smallest absolute Gasteiger partial charge is 0.165 e. The first kappa shape index (κ1) is 9.77. The molecule has 2 rings (SSSR count). The van der Waals surface area contributed by atoms with E-state index < -0.39 is 5.82 Å². The molecule has 0 saturated carbocycles. The Morgan fingerprint density at radius 3 is 2.67 bits per heavy atom. The molecular formula is C12H11FO2. The first-order valence-electron chi connectivity index (χ1n) is 4.59. The molecule has 0 aliphatic heterocycles. The van der Waals surface area contributed by atoms with Crippen LogP contribution in [0.4, 0.5) is 4.39 Å². The Morgan fingerprint density at radius 1 is 1.27 bits per heavy atom. The zero-order valence-corrected chi connectivity index (χ0v) is 8.54. The van der Waals surface area contributed by atoms with Crippen LogP contribution < -0.4 is 4.74 Å². The van der Waals surface area contributed by atoms with Crippen molar-refractivity contribution in [2.75, 3.05) is 7.11 Å². The van der Waals surface area contributed by atoms with Crippen molar-refractivity contribution in [1.29, 1.82) is 0 Å². The van der Waals surface area contributed by atoms with E-state index in [1.54, 1.807) is 18.2 Å². The number of hydrogen-bond donors (Lipinski definition) is 1. The van der Waals surface area contributed by atoms with Gasteiger partial charge in [0.15, 0.2) is 11.6 Å². The summed E-state index contributed by atoms with van der Waals surface area (Å²) < 4.78 is 18.4.